The number of likely N-dealkylation sites (tertiary alicyclic amines) is 1. The molecule has 0 aliphatic carbocycles. The van der Waals surface area contributed by atoms with Crippen LogP contribution in [0.3, 0.4) is 0 Å². The first-order valence-corrected chi connectivity index (χ1v) is 13.1. The van der Waals surface area contributed by atoms with Gasteiger partial charge in [-0.2, -0.15) is 26.3 Å². The topological polar surface area (TPSA) is 56.8 Å². The van der Waals surface area contributed by atoms with E-state index < -0.39 is 48.4 Å². The van der Waals surface area contributed by atoms with E-state index in [1.165, 1.54) is 38.1 Å². The number of thiophene rings is 1. The van der Waals surface area contributed by atoms with Gasteiger partial charge in [-0.25, -0.2) is 4.98 Å². The van der Waals surface area contributed by atoms with E-state index in [9.17, 15) is 35.9 Å². The quantitative estimate of drug-likeness (QED) is 0.396. The van der Waals surface area contributed by atoms with Crippen LogP contribution in [0.4, 0.5) is 26.3 Å². The summed E-state index contributed by atoms with van der Waals surface area (Å²) in [4.78, 5) is 33.2. The average Bonchev–Trinajstić information content (AvgIpc) is 3.45. The molecule has 2 aromatic heterocycles. The number of rotatable bonds is 3. The van der Waals surface area contributed by atoms with Gasteiger partial charge in [0.05, 0.1) is 16.1 Å². The number of hydrogen-bond donors (Lipinski definition) is 0. The molecule has 15 heteroatoms. The summed E-state index contributed by atoms with van der Waals surface area (Å²) in [7, 11) is 0. The number of halogens is 7. The SMILES string of the molecule is O=C(c1cscn1)N1CCN(C2CN(C(=O)c3sc4cc(C(F)(F)F)ccc4c3Cl)C2)C(C(F)(F)F)C1. The number of amides is 2. The summed E-state index contributed by atoms with van der Waals surface area (Å²) in [6, 6.07) is 0.511. The molecular weight excluding hydrogens is 566 g/mol. The Morgan fingerprint density at radius 3 is 2.35 bits per heavy atom. The molecule has 0 radical (unpaired) electrons. The van der Waals surface area contributed by atoms with Crippen LogP contribution in [0.15, 0.2) is 29.1 Å². The molecule has 2 saturated heterocycles. The summed E-state index contributed by atoms with van der Waals surface area (Å²) in [5.74, 6) is -1.11. The van der Waals surface area contributed by atoms with Crippen LogP contribution in [0, 0.1) is 0 Å². The first-order chi connectivity index (χ1) is 17.3. The van der Waals surface area contributed by atoms with E-state index in [2.05, 4.69) is 4.98 Å². The molecule has 1 unspecified atom stereocenters. The van der Waals surface area contributed by atoms with Crippen molar-refractivity contribution < 1.29 is 35.9 Å². The van der Waals surface area contributed by atoms with Crippen molar-refractivity contribution in [3.63, 3.8) is 0 Å². The highest BCUT2D eigenvalue weighted by molar-refractivity contribution is 7.21. The Hall–Kier alpha value is -2.42. The number of hydrogen-bond acceptors (Lipinski definition) is 6. The van der Waals surface area contributed by atoms with Crippen molar-refractivity contribution in [2.24, 2.45) is 0 Å². The van der Waals surface area contributed by atoms with E-state index in [0.29, 0.717) is 5.39 Å². The summed E-state index contributed by atoms with van der Waals surface area (Å²) < 4.78 is 81.1. The van der Waals surface area contributed by atoms with Gasteiger partial charge >= 0.3 is 12.4 Å². The number of nitrogens with zero attached hydrogens (tertiary/aromatic N) is 4. The molecule has 3 aromatic rings. The Labute approximate surface area is 219 Å². The van der Waals surface area contributed by atoms with Crippen LogP contribution in [-0.2, 0) is 6.18 Å². The number of fused-ring (bicyclic) bond motifs is 1. The van der Waals surface area contributed by atoms with Gasteiger partial charge in [-0.3, -0.25) is 14.5 Å². The second kappa shape index (κ2) is 9.40. The Morgan fingerprint density at radius 1 is 1.00 bits per heavy atom. The standard InChI is InChI=1S/C22H17ClF6N4O2S2/c23-17-13-2-1-11(21(24,25)26)5-15(13)37-18(17)20(35)32-6-12(7-32)33-4-3-31(8-16(33)22(27,28)29)19(34)14-9-36-10-30-14/h1-2,5,9-10,12,16H,3-4,6-8H2. The fourth-order valence-electron chi connectivity index (χ4n) is 4.54. The van der Waals surface area contributed by atoms with Gasteiger partial charge in [-0.05, 0) is 12.1 Å². The molecule has 0 saturated carbocycles. The molecule has 6 nitrogen and oxygen atoms in total. The predicted octanol–water partition coefficient (Wildman–Crippen LogP) is 5.24. The van der Waals surface area contributed by atoms with Gasteiger partial charge in [-0.15, -0.1) is 22.7 Å². The summed E-state index contributed by atoms with van der Waals surface area (Å²) in [5, 5.41) is 1.80. The zero-order valence-corrected chi connectivity index (χ0v) is 21.0. The fourth-order valence-corrected chi connectivity index (χ4v) is 6.59. The molecule has 2 fully saturated rings. The molecule has 0 spiro atoms. The first-order valence-electron chi connectivity index (χ1n) is 10.9. The third-order valence-corrected chi connectivity index (χ3v) is 8.74. The van der Waals surface area contributed by atoms with Crippen LogP contribution in [0.5, 0.6) is 0 Å². The maximum absolute atomic E-state index is 13.9. The Balaban J connectivity index is 1.28. The van der Waals surface area contributed by atoms with Crippen LogP contribution in [-0.4, -0.2) is 82.5 Å². The number of thiazole rings is 1. The lowest BCUT2D eigenvalue weighted by Crippen LogP contribution is -2.70. The van der Waals surface area contributed by atoms with Crippen LogP contribution in [0.2, 0.25) is 5.02 Å². The van der Waals surface area contributed by atoms with Gasteiger partial charge in [-0.1, -0.05) is 17.7 Å². The van der Waals surface area contributed by atoms with Crippen molar-refractivity contribution in [2.75, 3.05) is 32.7 Å². The predicted molar refractivity (Wildman–Crippen MR) is 126 cm³/mol. The van der Waals surface area contributed by atoms with Gasteiger partial charge < -0.3 is 9.80 Å². The normalized spacial score (nSPS) is 19.9. The largest absolute Gasteiger partial charge is 0.416 e. The molecule has 5 rings (SSSR count). The van der Waals surface area contributed by atoms with Crippen molar-refractivity contribution in [3.05, 3.63) is 50.2 Å². The Kier molecular flexibility index (Phi) is 6.66. The lowest BCUT2D eigenvalue weighted by Gasteiger charge is -2.51. The lowest BCUT2D eigenvalue weighted by molar-refractivity contribution is -0.206. The van der Waals surface area contributed by atoms with Crippen molar-refractivity contribution in [3.8, 4) is 0 Å². The van der Waals surface area contributed by atoms with Crippen LogP contribution >= 0.6 is 34.3 Å². The van der Waals surface area contributed by atoms with Gasteiger partial charge in [0.15, 0.2) is 0 Å². The zero-order valence-electron chi connectivity index (χ0n) is 18.6. The van der Waals surface area contributed by atoms with Crippen molar-refractivity contribution in [1.82, 2.24) is 19.7 Å². The highest BCUT2D eigenvalue weighted by Gasteiger charge is 2.51. The molecular formula is C22H17ClF6N4O2S2. The van der Waals surface area contributed by atoms with Crippen molar-refractivity contribution in [2.45, 2.75) is 24.4 Å². The van der Waals surface area contributed by atoms with Crippen LogP contribution in [0.1, 0.15) is 25.7 Å². The number of benzene rings is 1. The summed E-state index contributed by atoms with van der Waals surface area (Å²) in [5.41, 5.74) is 0.664. The van der Waals surface area contributed by atoms with E-state index in [1.54, 1.807) is 0 Å². The van der Waals surface area contributed by atoms with Crippen molar-refractivity contribution in [1.29, 1.82) is 0 Å². The molecule has 1 aromatic carbocycles. The number of piperazine rings is 1. The average molecular weight is 583 g/mol. The Morgan fingerprint density at radius 2 is 1.73 bits per heavy atom. The number of aromatic nitrogens is 1. The van der Waals surface area contributed by atoms with E-state index in [4.69, 9.17) is 11.6 Å². The molecule has 4 heterocycles. The van der Waals surface area contributed by atoms with E-state index in [1.807, 2.05) is 0 Å². The zero-order chi connectivity index (χ0) is 26.7. The second-order valence-corrected chi connectivity index (χ2v) is 10.9. The smallest absolute Gasteiger partial charge is 0.335 e. The third kappa shape index (κ3) is 4.91. The van der Waals surface area contributed by atoms with Gasteiger partial charge in [0, 0.05) is 54.2 Å². The summed E-state index contributed by atoms with van der Waals surface area (Å²) in [6.07, 6.45) is -9.15. The summed E-state index contributed by atoms with van der Waals surface area (Å²) in [6.45, 7) is -0.491. The number of alkyl halides is 6. The fraction of sp³-hybridized carbons (Fsp3) is 0.409. The Bertz CT molecular complexity index is 1340. The molecule has 0 bridgehead atoms. The maximum atomic E-state index is 13.9. The first kappa shape index (κ1) is 26.2. The van der Waals surface area contributed by atoms with Crippen molar-refractivity contribution >= 4 is 56.2 Å². The van der Waals surface area contributed by atoms with Gasteiger partial charge in [0.1, 0.15) is 16.6 Å². The highest BCUT2D eigenvalue weighted by Crippen LogP contribution is 2.40. The lowest BCUT2D eigenvalue weighted by atomic mass is 10.0. The van der Waals surface area contributed by atoms with E-state index >= 15 is 0 Å². The second-order valence-electron chi connectivity index (χ2n) is 8.74. The van der Waals surface area contributed by atoms with Gasteiger partial charge in [0.25, 0.3) is 11.8 Å². The molecule has 2 aliphatic rings. The molecule has 0 N–H and O–H groups in total. The summed E-state index contributed by atoms with van der Waals surface area (Å²) >= 11 is 8.27. The van der Waals surface area contributed by atoms with Crippen LogP contribution < -0.4 is 0 Å². The molecule has 37 heavy (non-hydrogen) atoms. The molecule has 198 valence electrons. The van der Waals surface area contributed by atoms with Gasteiger partial charge in [0.2, 0.25) is 0 Å². The monoisotopic (exact) mass is 582 g/mol. The van der Waals surface area contributed by atoms with E-state index in [0.717, 1.165) is 28.4 Å². The minimum absolute atomic E-state index is 0.00379. The number of carbonyl (C=O) groups is 2. The molecule has 1 atom stereocenters. The maximum Gasteiger partial charge on any atom is 0.416 e. The molecule has 2 amide bonds. The highest BCUT2D eigenvalue weighted by atomic mass is 35.5. The third-order valence-electron chi connectivity index (χ3n) is 6.51. The number of carbonyl (C=O) groups excluding carboxylic acids is 2. The molecule has 2 aliphatic heterocycles. The van der Waals surface area contributed by atoms with Crippen LogP contribution in [0.25, 0.3) is 10.1 Å². The minimum Gasteiger partial charge on any atom is -0.335 e. The van der Waals surface area contributed by atoms with E-state index in [-0.39, 0.29) is 46.5 Å². The minimum atomic E-state index is -4.60.